The van der Waals surface area contributed by atoms with Gasteiger partial charge in [0.1, 0.15) is 0 Å². The van der Waals surface area contributed by atoms with Gasteiger partial charge in [0.2, 0.25) is 5.91 Å². The van der Waals surface area contributed by atoms with Gasteiger partial charge in [-0.3, -0.25) is 14.9 Å². The Labute approximate surface area is 218 Å². The number of alkyl halides is 3. The van der Waals surface area contributed by atoms with E-state index in [2.05, 4.69) is 10.3 Å². The topological polar surface area (TPSA) is 132 Å². The lowest BCUT2D eigenvalue weighted by atomic mass is 10.1. The minimum Gasteiger partial charge on any atom is -0.478 e. The highest BCUT2D eigenvalue weighted by atomic mass is 35.5. The fourth-order valence-electron chi connectivity index (χ4n) is 4.28. The van der Waals surface area contributed by atoms with Crippen molar-refractivity contribution in [2.75, 3.05) is 10.2 Å². The summed E-state index contributed by atoms with van der Waals surface area (Å²) in [6.07, 6.45) is -4.68. The number of nitrogens with zero attached hydrogens (tertiary/aromatic N) is 1. The van der Waals surface area contributed by atoms with Crippen molar-refractivity contribution in [2.24, 2.45) is 0 Å². The number of urea groups is 1. The van der Waals surface area contributed by atoms with E-state index in [0.29, 0.717) is 34.3 Å². The minimum absolute atomic E-state index is 0.0675. The molecule has 4 N–H and O–H groups in total. The van der Waals surface area contributed by atoms with Gasteiger partial charge < -0.3 is 20.3 Å². The van der Waals surface area contributed by atoms with Gasteiger partial charge in [0.15, 0.2) is 0 Å². The fourth-order valence-corrected chi connectivity index (χ4v) is 4.51. The molecule has 2 aromatic carbocycles. The largest absolute Gasteiger partial charge is 0.478 e. The highest BCUT2D eigenvalue weighted by Gasteiger charge is 2.34. The molecule has 1 aliphatic heterocycles. The Balaban J connectivity index is 1.50. The van der Waals surface area contributed by atoms with Gasteiger partial charge in [-0.25, -0.2) is 9.59 Å². The molecule has 0 saturated heterocycles. The lowest BCUT2D eigenvalue weighted by Crippen LogP contribution is -2.34. The first-order valence-electron chi connectivity index (χ1n) is 11.1. The number of carbonyl (C=O) groups is 4. The number of anilines is 2. The number of aromatic nitrogens is 1. The second kappa shape index (κ2) is 9.86. The number of halogens is 4. The summed E-state index contributed by atoms with van der Waals surface area (Å²) < 4.78 is 39.2. The van der Waals surface area contributed by atoms with Gasteiger partial charge >= 0.3 is 18.2 Å². The van der Waals surface area contributed by atoms with Crippen LogP contribution >= 0.6 is 11.6 Å². The number of carboxylic acid groups (broad SMARTS) is 1. The number of aromatic carboxylic acids is 1. The van der Waals surface area contributed by atoms with Crippen LogP contribution in [0.1, 0.15) is 48.8 Å². The third-order valence-electron chi connectivity index (χ3n) is 6.11. The zero-order chi connectivity index (χ0) is 27.9. The van der Waals surface area contributed by atoms with Crippen molar-refractivity contribution in [1.29, 1.82) is 0 Å². The number of amides is 4. The van der Waals surface area contributed by atoms with E-state index in [-0.39, 0.29) is 30.1 Å². The molecule has 0 fully saturated rings. The number of carboxylic acids is 1. The maximum Gasteiger partial charge on any atom is 0.417 e. The molecule has 4 amide bonds. The van der Waals surface area contributed by atoms with E-state index in [1.165, 1.54) is 17.0 Å². The molecule has 0 bridgehead atoms. The van der Waals surface area contributed by atoms with Gasteiger partial charge in [-0.15, -0.1) is 0 Å². The third kappa shape index (κ3) is 5.21. The molecule has 0 saturated carbocycles. The Morgan fingerprint density at radius 1 is 1.13 bits per heavy atom. The Bertz CT molecular complexity index is 1500. The molecular formula is C25H20ClF3N4O5. The van der Waals surface area contributed by atoms with Gasteiger partial charge in [0.25, 0.3) is 5.91 Å². The number of aromatic amines is 1. The van der Waals surface area contributed by atoms with Gasteiger partial charge in [-0.1, -0.05) is 17.7 Å². The van der Waals surface area contributed by atoms with Crippen LogP contribution in [-0.4, -0.2) is 33.9 Å². The number of benzene rings is 2. The average molecular weight is 549 g/mol. The van der Waals surface area contributed by atoms with E-state index in [9.17, 15) is 37.5 Å². The van der Waals surface area contributed by atoms with Crippen molar-refractivity contribution in [2.45, 2.75) is 33.0 Å². The lowest BCUT2D eigenvalue weighted by Gasteiger charge is -2.18. The molecule has 0 aliphatic carbocycles. The number of aryl methyl sites for hydroxylation is 1. The van der Waals surface area contributed by atoms with Crippen molar-refractivity contribution in [1.82, 2.24) is 10.3 Å². The molecule has 2 heterocycles. The zero-order valence-corrected chi connectivity index (χ0v) is 20.7. The molecule has 0 radical (unpaired) electrons. The van der Waals surface area contributed by atoms with E-state index in [1.54, 1.807) is 19.9 Å². The van der Waals surface area contributed by atoms with E-state index >= 15 is 0 Å². The molecule has 1 aromatic heterocycles. The third-order valence-corrected chi connectivity index (χ3v) is 6.44. The predicted molar refractivity (Wildman–Crippen MR) is 132 cm³/mol. The van der Waals surface area contributed by atoms with Crippen LogP contribution in [-0.2, 0) is 23.9 Å². The quantitative estimate of drug-likeness (QED) is 0.354. The summed E-state index contributed by atoms with van der Waals surface area (Å²) >= 11 is 5.56. The molecule has 198 valence electrons. The normalized spacial score (nSPS) is 12.9. The van der Waals surface area contributed by atoms with Crippen LogP contribution in [0.4, 0.5) is 29.3 Å². The maximum atomic E-state index is 13.1. The number of rotatable bonds is 5. The van der Waals surface area contributed by atoms with Crippen molar-refractivity contribution in [3.63, 3.8) is 0 Å². The number of hydrogen-bond donors (Lipinski definition) is 4. The summed E-state index contributed by atoms with van der Waals surface area (Å²) in [5, 5.41) is 13.2. The predicted octanol–water partition coefficient (Wildman–Crippen LogP) is 5.05. The number of imide groups is 1. The summed E-state index contributed by atoms with van der Waals surface area (Å²) in [5.41, 5.74) is 1.38. The van der Waals surface area contributed by atoms with Crippen molar-refractivity contribution in [3.05, 3.63) is 80.6 Å². The average Bonchev–Trinajstić information content (AvgIpc) is 3.27. The molecular weight excluding hydrogens is 529 g/mol. The molecule has 0 unspecified atom stereocenters. The van der Waals surface area contributed by atoms with E-state index < -0.39 is 40.2 Å². The second-order valence-electron chi connectivity index (χ2n) is 8.63. The molecule has 0 atom stereocenters. The number of H-pyrrole nitrogens is 1. The van der Waals surface area contributed by atoms with Gasteiger partial charge in [-0.05, 0) is 55.3 Å². The van der Waals surface area contributed by atoms with E-state index in [1.807, 2.05) is 5.32 Å². The van der Waals surface area contributed by atoms with Crippen molar-refractivity contribution in [3.8, 4) is 0 Å². The second-order valence-corrected chi connectivity index (χ2v) is 9.04. The maximum absolute atomic E-state index is 13.1. The van der Waals surface area contributed by atoms with Crippen LogP contribution in [0.15, 0.2) is 36.4 Å². The van der Waals surface area contributed by atoms with Gasteiger partial charge in [-0.2, -0.15) is 13.2 Å². The Hall–Kier alpha value is -4.32. The van der Waals surface area contributed by atoms with Crippen LogP contribution < -0.4 is 15.5 Å². The number of nitrogens with one attached hydrogen (secondary N) is 3. The fraction of sp³-hybridized carbons (Fsp3) is 0.200. The minimum atomic E-state index is -4.78. The van der Waals surface area contributed by atoms with Crippen molar-refractivity contribution < 1.29 is 37.5 Å². The highest BCUT2D eigenvalue weighted by molar-refractivity contribution is 6.31. The molecule has 4 rings (SSSR count). The van der Waals surface area contributed by atoms with Crippen LogP contribution in [0.3, 0.4) is 0 Å². The first-order chi connectivity index (χ1) is 17.8. The summed E-state index contributed by atoms with van der Waals surface area (Å²) in [5.74, 6) is -2.39. The summed E-state index contributed by atoms with van der Waals surface area (Å²) in [6.45, 7) is 3.33. The van der Waals surface area contributed by atoms with Crippen LogP contribution in [0.5, 0.6) is 0 Å². The van der Waals surface area contributed by atoms with Crippen LogP contribution in [0, 0.1) is 13.8 Å². The lowest BCUT2D eigenvalue weighted by molar-refractivity contribution is -0.137. The zero-order valence-electron chi connectivity index (χ0n) is 19.9. The molecule has 13 heteroatoms. The molecule has 9 nitrogen and oxygen atoms in total. The van der Waals surface area contributed by atoms with E-state index in [4.69, 9.17) is 11.6 Å². The summed E-state index contributed by atoms with van der Waals surface area (Å²) in [7, 11) is 0. The van der Waals surface area contributed by atoms with E-state index in [0.717, 1.165) is 12.1 Å². The summed E-state index contributed by atoms with van der Waals surface area (Å²) in [4.78, 5) is 53.4. The number of carbonyl (C=O) groups excluding carboxylic acids is 3. The first kappa shape index (κ1) is 26.7. The number of fused-ring (bicyclic) bond motifs is 1. The molecule has 3 aromatic rings. The summed E-state index contributed by atoms with van der Waals surface area (Å²) in [6, 6.07) is 6.15. The standard InChI is InChI=1S/C25H20ClF3N4O5/c1-11-18(30-12(2)21(11)23(36)37)10-33-19-9-15(5-3-13(19)8-20(33)34)31-24(38)32-22(35)14-4-6-17(26)16(7-14)25(27,28)29/h3-7,9,30H,8,10H2,1-2H3,(H,36,37)(H2,31,32,35,38). The monoisotopic (exact) mass is 548 g/mol. The van der Waals surface area contributed by atoms with Crippen LogP contribution in [0.25, 0.3) is 0 Å². The molecule has 1 aliphatic rings. The van der Waals surface area contributed by atoms with Crippen LogP contribution in [0.2, 0.25) is 5.02 Å². The SMILES string of the molecule is Cc1[nH]c(CN2C(=O)Cc3ccc(NC(=O)NC(=O)c4ccc(Cl)c(C(F)(F)F)c4)cc32)c(C)c1C(=O)O. The molecule has 0 spiro atoms. The Morgan fingerprint density at radius 2 is 1.84 bits per heavy atom. The highest BCUT2D eigenvalue weighted by Crippen LogP contribution is 2.36. The van der Waals surface area contributed by atoms with Gasteiger partial charge in [0.05, 0.1) is 29.1 Å². The molecule has 38 heavy (non-hydrogen) atoms. The van der Waals surface area contributed by atoms with Gasteiger partial charge in [0, 0.05) is 28.3 Å². The smallest absolute Gasteiger partial charge is 0.417 e. The Kier molecular flexibility index (Phi) is 6.94. The van der Waals surface area contributed by atoms with Crippen molar-refractivity contribution >= 4 is 46.8 Å². The number of hydrogen-bond acceptors (Lipinski definition) is 4. The Morgan fingerprint density at radius 3 is 2.47 bits per heavy atom. The first-order valence-corrected chi connectivity index (χ1v) is 11.5.